The number of halogens is 2. The quantitative estimate of drug-likeness (QED) is 0.887. The molecule has 7 heteroatoms. The second-order valence-electron chi connectivity index (χ2n) is 6.18. The number of amides is 2. The van der Waals surface area contributed by atoms with Crippen LogP contribution in [0.1, 0.15) is 17.9 Å². The van der Waals surface area contributed by atoms with Crippen molar-refractivity contribution < 1.29 is 18.4 Å². The summed E-state index contributed by atoms with van der Waals surface area (Å²) >= 11 is 0. The van der Waals surface area contributed by atoms with Crippen LogP contribution in [0.3, 0.4) is 0 Å². The van der Waals surface area contributed by atoms with E-state index in [0.29, 0.717) is 38.2 Å². The van der Waals surface area contributed by atoms with Crippen molar-refractivity contribution in [2.75, 3.05) is 32.7 Å². The van der Waals surface area contributed by atoms with Crippen molar-refractivity contribution in [3.05, 3.63) is 35.4 Å². The number of piperazine rings is 1. The molecule has 5 nitrogen and oxygen atoms in total. The Morgan fingerprint density at radius 2 is 1.87 bits per heavy atom. The lowest BCUT2D eigenvalue weighted by Gasteiger charge is -2.34. The van der Waals surface area contributed by atoms with Gasteiger partial charge in [-0.05, 0) is 24.0 Å². The average molecular weight is 323 g/mol. The molecule has 2 aliphatic rings. The molecule has 0 spiro atoms. The molecule has 3 rings (SSSR count). The minimum Gasteiger partial charge on any atom is -0.369 e. The number of benzene rings is 1. The van der Waals surface area contributed by atoms with Gasteiger partial charge in [0.2, 0.25) is 11.8 Å². The second-order valence-corrected chi connectivity index (χ2v) is 6.18. The lowest BCUT2D eigenvalue weighted by atomic mass is 10.1. The van der Waals surface area contributed by atoms with Gasteiger partial charge in [0.05, 0.1) is 6.54 Å². The molecule has 1 aromatic rings. The van der Waals surface area contributed by atoms with Gasteiger partial charge in [-0.25, -0.2) is 8.78 Å². The third-order valence-electron chi connectivity index (χ3n) is 4.53. The van der Waals surface area contributed by atoms with E-state index in [0.717, 1.165) is 6.07 Å². The molecule has 1 saturated carbocycles. The molecule has 0 bridgehead atoms. The van der Waals surface area contributed by atoms with Gasteiger partial charge in [-0.3, -0.25) is 14.5 Å². The summed E-state index contributed by atoms with van der Waals surface area (Å²) < 4.78 is 26.7. The molecule has 2 amide bonds. The van der Waals surface area contributed by atoms with Gasteiger partial charge < -0.3 is 10.6 Å². The fraction of sp³-hybridized carbons (Fsp3) is 0.500. The second kappa shape index (κ2) is 6.23. The molecule has 23 heavy (non-hydrogen) atoms. The van der Waals surface area contributed by atoms with Crippen LogP contribution >= 0.6 is 0 Å². The highest BCUT2D eigenvalue weighted by atomic mass is 19.1. The molecule has 1 saturated heterocycles. The number of nitrogens with zero attached hydrogens (tertiary/aromatic N) is 2. The maximum atomic E-state index is 13.8. The Bertz CT molecular complexity index is 630. The molecule has 2 N–H and O–H groups in total. The summed E-state index contributed by atoms with van der Waals surface area (Å²) in [5.41, 5.74) is 5.57. The van der Waals surface area contributed by atoms with E-state index in [9.17, 15) is 18.4 Å². The van der Waals surface area contributed by atoms with Crippen molar-refractivity contribution in [2.24, 2.45) is 11.7 Å². The molecule has 124 valence electrons. The SMILES string of the molecule is NC(=O)CN1CCN(C(=O)[C@@H]2C[C@H]2c2ccc(F)cc2F)CC1. The fourth-order valence-electron chi connectivity index (χ4n) is 3.20. The third kappa shape index (κ3) is 3.50. The zero-order chi connectivity index (χ0) is 16.6. The van der Waals surface area contributed by atoms with Gasteiger partial charge in [0.15, 0.2) is 0 Å². The first-order valence-electron chi connectivity index (χ1n) is 7.70. The Morgan fingerprint density at radius 1 is 1.17 bits per heavy atom. The first-order valence-corrected chi connectivity index (χ1v) is 7.70. The molecule has 1 aliphatic heterocycles. The first-order chi connectivity index (χ1) is 11.0. The highest BCUT2D eigenvalue weighted by Gasteiger charge is 2.47. The van der Waals surface area contributed by atoms with Gasteiger partial charge in [0, 0.05) is 38.2 Å². The summed E-state index contributed by atoms with van der Waals surface area (Å²) in [5, 5.41) is 0. The Kier molecular flexibility index (Phi) is 4.30. The van der Waals surface area contributed by atoms with E-state index in [4.69, 9.17) is 5.73 Å². The van der Waals surface area contributed by atoms with Crippen LogP contribution in [-0.4, -0.2) is 54.3 Å². The largest absolute Gasteiger partial charge is 0.369 e. The summed E-state index contributed by atoms with van der Waals surface area (Å²) in [4.78, 5) is 27.0. The molecular weight excluding hydrogens is 304 g/mol. The van der Waals surface area contributed by atoms with E-state index in [1.54, 1.807) is 4.90 Å². The number of carbonyl (C=O) groups excluding carboxylic acids is 2. The summed E-state index contributed by atoms with van der Waals surface area (Å²) in [6, 6.07) is 3.51. The number of hydrogen-bond donors (Lipinski definition) is 1. The van der Waals surface area contributed by atoms with Crippen LogP contribution in [-0.2, 0) is 9.59 Å². The smallest absolute Gasteiger partial charge is 0.231 e. The first kappa shape index (κ1) is 15.9. The van der Waals surface area contributed by atoms with Gasteiger partial charge >= 0.3 is 0 Å². The Labute approximate surface area is 133 Å². The van der Waals surface area contributed by atoms with E-state index in [-0.39, 0.29) is 30.2 Å². The summed E-state index contributed by atoms with van der Waals surface area (Å²) in [6.45, 7) is 2.51. The number of carbonyl (C=O) groups is 2. The fourth-order valence-corrected chi connectivity index (χ4v) is 3.20. The minimum atomic E-state index is -0.611. The molecular formula is C16H19F2N3O2. The summed E-state index contributed by atoms with van der Waals surface area (Å²) in [5.74, 6) is -1.95. The highest BCUT2D eigenvalue weighted by molar-refractivity contribution is 5.83. The van der Waals surface area contributed by atoms with Crippen molar-refractivity contribution in [2.45, 2.75) is 12.3 Å². The van der Waals surface area contributed by atoms with Gasteiger partial charge in [0.25, 0.3) is 0 Å². The van der Waals surface area contributed by atoms with E-state index in [2.05, 4.69) is 0 Å². The zero-order valence-electron chi connectivity index (χ0n) is 12.7. The predicted octanol–water partition coefficient (Wildman–Crippen LogP) is 0.698. The maximum Gasteiger partial charge on any atom is 0.231 e. The molecule has 2 atom stereocenters. The number of rotatable bonds is 4. The molecule has 0 unspecified atom stereocenters. The van der Waals surface area contributed by atoms with Gasteiger partial charge in [-0.1, -0.05) is 6.07 Å². The number of nitrogens with two attached hydrogens (primary N) is 1. The number of primary amides is 1. The zero-order valence-corrected chi connectivity index (χ0v) is 12.7. The summed E-state index contributed by atoms with van der Waals surface area (Å²) in [6.07, 6.45) is 0.600. The van der Waals surface area contributed by atoms with Crippen LogP contribution in [0, 0.1) is 17.6 Å². The lowest BCUT2D eigenvalue weighted by molar-refractivity contribution is -0.134. The van der Waals surface area contributed by atoms with Gasteiger partial charge in [-0.2, -0.15) is 0 Å². The van der Waals surface area contributed by atoms with Crippen molar-refractivity contribution in [1.29, 1.82) is 0 Å². The molecule has 0 radical (unpaired) electrons. The summed E-state index contributed by atoms with van der Waals surface area (Å²) in [7, 11) is 0. The normalized spacial score (nSPS) is 24.5. The van der Waals surface area contributed by atoms with Crippen molar-refractivity contribution in [3.63, 3.8) is 0 Å². The molecule has 2 fully saturated rings. The molecule has 1 aliphatic carbocycles. The highest BCUT2D eigenvalue weighted by Crippen LogP contribution is 2.49. The standard InChI is InChI=1S/C16H19F2N3O2/c17-10-1-2-11(14(18)7-10)12-8-13(12)16(23)21-5-3-20(4-6-21)9-15(19)22/h1-2,7,12-13H,3-6,8-9H2,(H2,19,22)/t12-,13+/m0/s1. The maximum absolute atomic E-state index is 13.8. The van der Waals surface area contributed by atoms with Crippen LogP contribution in [0.25, 0.3) is 0 Å². The Morgan fingerprint density at radius 3 is 2.48 bits per heavy atom. The van der Waals surface area contributed by atoms with Gasteiger partial charge in [-0.15, -0.1) is 0 Å². The number of hydrogen-bond acceptors (Lipinski definition) is 3. The van der Waals surface area contributed by atoms with E-state index in [1.807, 2.05) is 4.90 Å². The van der Waals surface area contributed by atoms with E-state index < -0.39 is 11.6 Å². The minimum absolute atomic E-state index is 0.0115. The van der Waals surface area contributed by atoms with Crippen molar-refractivity contribution in [3.8, 4) is 0 Å². The Hall–Kier alpha value is -2.02. The molecule has 0 aromatic heterocycles. The topological polar surface area (TPSA) is 66.6 Å². The van der Waals surface area contributed by atoms with Crippen LogP contribution < -0.4 is 5.73 Å². The van der Waals surface area contributed by atoms with Crippen LogP contribution in [0.4, 0.5) is 8.78 Å². The predicted molar refractivity (Wildman–Crippen MR) is 79.4 cm³/mol. The lowest BCUT2D eigenvalue weighted by Crippen LogP contribution is -2.51. The van der Waals surface area contributed by atoms with E-state index >= 15 is 0 Å². The molecule has 1 aromatic carbocycles. The molecule has 1 heterocycles. The van der Waals surface area contributed by atoms with Crippen LogP contribution in [0.2, 0.25) is 0 Å². The third-order valence-corrected chi connectivity index (χ3v) is 4.53. The van der Waals surface area contributed by atoms with E-state index in [1.165, 1.54) is 12.1 Å². The van der Waals surface area contributed by atoms with Crippen LogP contribution in [0.5, 0.6) is 0 Å². The average Bonchev–Trinajstić information content (AvgIpc) is 3.27. The van der Waals surface area contributed by atoms with Crippen molar-refractivity contribution >= 4 is 11.8 Å². The van der Waals surface area contributed by atoms with Crippen molar-refractivity contribution in [1.82, 2.24) is 9.80 Å². The van der Waals surface area contributed by atoms with Gasteiger partial charge in [0.1, 0.15) is 11.6 Å². The Balaban J connectivity index is 1.56. The monoisotopic (exact) mass is 323 g/mol. The van der Waals surface area contributed by atoms with Crippen LogP contribution in [0.15, 0.2) is 18.2 Å².